The molecule has 0 saturated heterocycles. The minimum atomic E-state index is -0.686. The number of thioether (sulfide) groups is 1. The van der Waals surface area contributed by atoms with Gasteiger partial charge in [-0.15, -0.1) is 0 Å². The van der Waals surface area contributed by atoms with Crippen LogP contribution in [0.2, 0.25) is 0 Å². The van der Waals surface area contributed by atoms with Gasteiger partial charge in [-0.05, 0) is 31.2 Å². The standard InChI is InChI=1S/C14H18FNO2S/c1-19-13-5-3-2-4-12(13)16-14(18)10-7-6-9(17)8-11(10)15/h6-8,12-13,17H,2-5H2,1H3,(H,16,18). The van der Waals surface area contributed by atoms with Crippen molar-refractivity contribution < 1.29 is 14.3 Å². The van der Waals surface area contributed by atoms with Crippen molar-refractivity contribution in [3.63, 3.8) is 0 Å². The maximum Gasteiger partial charge on any atom is 0.254 e. The van der Waals surface area contributed by atoms with Gasteiger partial charge < -0.3 is 10.4 Å². The Hall–Kier alpha value is -1.23. The van der Waals surface area contributed by atoms with Crippen molar-refractivity contribution in [3.8, 4) is 5.75 Å². The molecule has 104 valence electrons. The van der Waals surface area contributed by atoms with E-state index in [9.17, 15) is 9.18 Å². The summed E-state index contributed by atoms with van der Waals surface area (Å²) in [5.41, 5.74) is -0.0109. The first kappa shape index (κ1) is 14.2. The third-order valence-corrected chi connectivity index (χ3v) is 4.69. The largest absolute Gasteiger partial charge is 0.508 e. The first-order valence-electron chi connectivity index (χ1n) is 6.44. The lowest BCUT2D eigenvalue weighted by Crippen LogP contribution is -2.43. The monoisotopic (exact) mass is 283 g/mol. The zero-order valence-electron chi connectivity index (χ0n) is 10.9. The summed E-state index contributed by atoms with van der Waals surface area (Å²) in [5, 5.41) is 12.5. The van der Waals surface area contributed by atoms with Crippen molar-refractivity contribution >= 4 is 17.7 Å². The molecule has 1 saturated carbocycles. The predicted octanol–water partition coefficient (Wildman–Crippen LogP) is 2.94. The zero-order valence-corrected chi connectivity index (χ0v) is 11.7. The van der Waals surface area contributed by atoms with Crippen LogP contribution < -0.4 is 5.32 Å². The molecule has 2 rings (SSSR count). The number of carbonyl (C=O) groups excluding carboxylic acids is 1. The van der Waals surface area contributed by atoms with Gasteiger partial charge >= 0.3 is 0 Å². The molecule has 1 aromatic rings. The SMILES string of the molecule is CSC1CCCCC1NC(=O)c1ccc(O)cc1F. The zero-order chi connectivity index (χ0) is 13.8. The lowest BCUT2D eigenvalue weighted by atomic mass is 9.94. The second-order valence-corrected chi connectivity index (χ2v) is 5.88. The number of hydrogen-bond donors (Lipinski definition) is 2. The van der Waals surface area contributed by atoms with Gasteiger partial charge in [-0.2, -0.15) is 11.8 Å². The molecule has 5 heteroatoms. The van der Waals surface area contributed by atoms with Gasteiger partial charge in [0.2, 0.25) is 0 Å². The molecular weight excluding hydrogens is 265 g/mol. The van der Waals surface area contributed by atoms with Gasteiger partial charge in [-0.1, -0.05) is 12.8 Å². The van der Waals surface area contributed by atoms with Crippen LogP contribution in [0.15, 0.2) is 18.2 Å². The number of amides is 1. The van der Waals surface area contributed by atoms with E-state index >= 15 is 0 Å². The molecule has 2 atom stereocenters. The topological polar surface area (TPSA) is 49.3 Å². The molecule has 0 radical (unpaired) electrons. The molecule has 0 aliphatic heterocycles. The molecule has 0 aromatic heterocycles. The molecule has 2 N–H and O–H groups in total. The smallest absolute Gasteiger partial charge is 0.254 e. The Morgan fingerprint density at radius 2 is 2.16 bits per heavy atom. The Labute approximate surface area is 116 Å². The summed E-state index contributed by atoms with van der Waals surface area (Å²) in [5.74, 6) is -1.26. The molecule has 19 heavy (non-hydrogen) atoms. The summed E-state index contributed by atoms with van der Waals surface area (Å²) in [6, 6.07) is 3.70. The van der Waals surface area contributed by atoms with E-state index in [1.165, 1.54) is 18.6 Å². The first-order valence-corrected chi connectivity index (χ1v) is 7.73. The third-order valence-electron chi connectivity index (χ3n) is 3.52. The van der Waals surface area contributed by atoms with E-state index in [-0.39, 0.29) is 17.4 Å². The highest BCUT2D eigenvalue weighted by Gasteiger charge is 2.26. The van der Waals surface area contributed by atoms with Crippen molar-refractivity contribution in [2.24, 2.45) is 0 Å². The van der Waals surface area contributed by atoms with Gasteiger partial charge in [0.05, 0.1) is 5.56 Å². The molecular formula is C14H18FNO2S. The van der Waals surface area contributed by atoms with E-state index in [2.05, 4.69) is 5.32 Å². The van der Waals surface area contributed by atoms with Crippen molar-refractivity contribution in [2.45, 2.75) is 37.0 Å². The summed E-state index contributed by atoms with van der Waals surface area (Å²) in [6.45, 7) is 0. The lowest BCUT2D eigenvalue weighted by molar-refractivity contribution is 0.0925. The van der Waals surface area contributed by atoms with Crippen molar-refractivity contribution in [1.29, 1.82) is 0 Å². The Morgan fingerprint density at radius 3 is 2.84 bits per heavy atom. The van der Waals surface area contributed by atoms with Gasteiger partial charge in [-0.25, -0.2) is 4.39 Å². The fraction of sp³-hybridized carbons (Fsp3) is 0.500. The molecule has 3 nitrogen and oxygen atoms in total. The van der Waals surface area contributed by atoms with Crippen LogP contribution in [-0.2, 0) is 0 Å². The number of aromatic hydroxyl groups is 1. The van der Waals surface area contributed by atoms with Crippen LogP contribution in [0, 0.1) is 5.82 Å². The highest BCUT2D eigenvalue weighted by molar-refractivity contribution is 7.99. The summed E-state index contributed by atoms with van der Waals surface area (Å²) in [6.07, 6.45) is 6.35. The van der Waals surface area contributed by atoms with Gasteiger partial charge in [-0.3, -0.25) is 4.79 Å². The number of halogens is 1. The average molecular weight is 283 g/mol. The average Bonchev–Trinajstić information content (AvgIpc) is 2.39. The van der Waals surface area contributed by atoms with Crippen LogP contribution >= 0.6 is 11.8 Å². The van der Waals surface area contributed by atoms with Crippen LogP contribution in [0.25, 0.3) is 0 Å². The fourth-order valence-electron chi connectivity index (χ4n) is 2.48. The maximum atomic E-state index is 13.6. The van der Waals surface area contributed by atoms with E-state index in [1.54, 1.807) is 11.8 Å². The van der Waals surface area contributed by atoms with E-state index in [0.29, 0.717) is 5.25 Å². The van der Waals surface area contributed by atoms with Gasteiger partial charge in [0.25, 0.3) is 5.91 Å². The molecule has 1 amide bonds. The van der Waals surface area contributed by atoms with Crippen LogP contribution in [0.3, 0.4) is 0 Å². The predicted molar refractivity (Wildman–Crippen MR) is 75.1 cm³/mol. The molecule has 1 aliphatic carbocycles. The van der Waals surface area contributed by atoms with Gasteiger partial charge in [0.1, 0.15) is 11.6 Å². The second kappa shape index (κ2) is 6.28. The number of phenols is 1. The maximum absolute atomic E-state index is 13.6. The number of hydrogen-bond acceptors (Lipinski definition) is 3. The third kappa shape index (κ3) is 3.41. The summed E-state index contributed by atoms with van der Waals surface area (Å²) >= 11 is 1.75. The Bertz CT molecular complexity index is 467. The molecule has 0 spiro atoms. The number of benzene rings is 1. The minimum Gasteiger partial charge on any atom is -0.508 e. The highest BCUT2D eigenvalue weighted by Crippen LogP contribution is 2.27. The highest BCUT2D eigenvalue weighted by atomic mass is 32.2. The van der Waals surface area contributed by atoms with E-state index in [1.807, 2.05) is 6.26 Å². The van der Waals surface area contributed by atoms with E-state index in [4.69, 9.17) is 5.11 Å². The Morgan fingerprint density at radius 1 is 1.42 bits per heavy atom. The molecule has 1 aliphatic rings. The number of nitrogens with one attached hydrogen (secondary N) is 1. The van der Waals surface area contributed by atoms with Gasteiger partial charge in [0.15, 0.2) is 0 Å². The van der Waals surface area contributed by atoms with Crippen LogP contribution in [0.1, 0.15) is 36.0 Å². The molecule has 2 unspecified atom stereocenters. The molecule has 1 fully saturated rings. The summed E-state index contributed by atoms with van der Waals surface area (Å²) < 4.78 is 13.6. The molecule has 0 heterocycles. The van der Waals surface area contributed by atoms with Crippen LogP contribution in [0.4, 0.5) is 4.39 Å². The van der Waals surface area contributed by atoms with Crippen molar-refractivity contribution in [1.82, 2.24) is 5.32 Å². The van der Waals surface area contributed by atoms with E-state index in [0.717, 1.165) is 25.3 Å². The molecule has 0 bridgehead atoms. The lowest BCUT2D eigenvalue weighted by Gasteiger charge is -2.31. The number of phenolic OH excluding ortho intramolecular Hbond substituents is 1. The van der Waals surface area contributed by atoms with Crippen LogP contribution in [0.5, 0.6) is 5.75 Å². The number of carbonyl (C=O) groups is 1. The Kier molecular flexibility index (Phi) is 4.69. The minimum absolute atomic E-state index is 0.0109. The Balaban J connectivity index is 2.07. The summed E-state index contributed by atoms with van der Waals surface area (Å²) in [7, 11) is 0. The van der Waals surface area contributed by atoms with E-state index < -0.39 is 11.7 Å². The summed E-state index contributed by atoms with van der Waals surface area (Å²) in [4.78, 5) is 12.1. The normalized spacial score (nSPS) is 23.1. The number of rotatable bonds is 3. The van der Waals surface area contributed by atoms with Crippen LogP contribution in [-0.4, -0.2) is 28.6 Å². The quantitative estimate of drug-likeness (QED) is 0.896. The van der Waals surface area contributed by atoms with Crippen molar-refractivity contribution in [3.05, 3.63) is 29.6 Å². The van der Waals surface area contributed by atoms with Gasteiger partial charge in [0, 0.05) is 17.4 Å². The fourth-order valence-corrected chi connectivity index (χ4v) is 3.41. The second-order valence-electron chi connectivity index (χ2n) is 4.80. The first-order chi connectivity index (χ1) is 9.11. The molecule has 1 aromatic carbocycles. The van der Waals surface area contributed by atoms with Crippen molar-refractivity contribution in [2.75, 3.05) is 6.26 Å².